The zero-order chi connectivity index (χ0) is 22.9. The van der Waals surface area contributed by atoms with Gasteiger partial charge in [-0.15, -0.1) is 13.2 Å². The third kappa shape index (κ3) is 5.29. The maximum atomic E-state index is 12.9. The first-order valence-electron chi connectivity index (χ1n) is 9.86. The van der Waals surface area contributed by atoms with E-state index in [4.69, 9.17) is 4.74 Å². The molecule has 32 heavy (non-hydrogen) atoms. The number of rotatable bonds is 6. The molecule has 1 saturated carbocycles. The quantitative estimate of drug-likeness (QED) is 0.405. The second-order valence-electron chi connectivity index (χ2n) is 7.51. The van der Waals surface area contributed by atoms with Crippen molar-refractivity contribution in [1.29, 1.82) is 0 Å². The molecule has 1 fully saturated rings. The molecule has 6 nitrogen and oxygen atoms in total. The molecule has 0 spiro atoms. The lowest BCUT2D eigenvalue weighted by atomic mass is 10.00. The minimum Gasteiger partial charge on any atom is -0.619 e. The van der Waals surface area contributed by atoms with E-state index in [0.29, 0.717) is 16.3 Å². The van der Waals surface area contributed by atoms with Crippen molar-refractivity contribution in [2.75, 3.05) is 5.32 Å². The molecule has 1 aliphatic carbocycles. The Balaban J connectivity index is 1.62. The molecule has 1 N–H and O–H groups in total. The fourth-order valence-corrected chi connectivity index (χ4v) is 3.36. The lowest BCUT2D eigenvalue weighted by molar-refractivity contribution is -0.604. The summed E-state index contributed by atoms with van der Waals surface area (Å²) in [5.74, 6) is 0.0568. The number of nitrogens with one attached hydrogen (secondary N) is 1. The number of alkyl halides is 3. The molecule has 166 valence electrons. The smallest absolute Gasteiger partial charge is 0.573 e. The summed E-state index contributed by atoms with van der Waals surface area (Å²) in [6.45, 7) is 1.91. The first-order valence-corrected chi connectivity index (χ1v) is 9.86. The maximum Gasteiger partial charge on any atom is 0.573 e. The fraction of sp³-hybridized carbons (Fsp3) is 0.217. The van der Waals surface area contributed by atoms with Gasteiger partial charge in [-0.2, -0.15) is 4.73 Å². The van der Waals surface area contributed by atoms with E-state index in [1.54, 1.807) is 18.2 Å². The van der Waals surface area contributed by atoms with Crippen molar-refractivity contribution >= 4 is 11.6 Å². The molecule has 1 aromatic heterocycles. The molecule has 1 aliphatic rings. The molecule has 4 rings (SSSR count). The Morgan fingerprint density at radius 3 is 2.44 bits per heavy atom. The SMILES string of the molecule is Cc1cc(C(=O)Nc2ccc[n+]([O-])c2)c(Oc2ccc(OC(F)(F)F)cc2)cc1C1CC1. The Hall–Kier alpha value is -3.75. The van der Waals surface area contributed by atoms with Crippen LogP contribution in [0.4, 0.5) is 18.9 Å². The second-order valence-corrected chi connectivity index (χ2v) is 7.51. The van der Waals surface area contributed by atoms with Gasteiger partial charge in [0.05, 0.1) is 5.56 Å². The summed E-state index contributed by atoms with van der Waals surface area (Å²) in [6.07, 6.45) is -0.177. The minimum absolute atomic E-state index is 0.240. The molecule has 0 bridgehead atoms. The molecular formula is C23H19F3N2O4. The number of benzene rings is 2. The summed E-state index contributed by atoms with van der Waals surface area (Å²) in [4.78, 5) is 12.9. The van der Waals surface area contributed by atoms with Gasteiger partial charge in [-0.05, 0) is 79.3 Å². The third-order valence-corrected chi connectivity index (χ3v) is 4.95. The van der Waals surface area contributed by atoms with Gasteiger partial charge in [-0.3, -0.25) is 4.79 Å². The zero-order valence-corrected chi connectivity index (χ0v) is 17.0. The summed E-state index contributed by atoms with van der Waals surface area (Å²) in [7, 11) is 0. The summed E-state index contributed by atoms with van der Waals surface area (Å²) in [6, 6.07) is 11.5. The lowest BCUT2D eigenvalue weighted by Gasteiger charge is -2.16. The van der Waals surface area contributed by atoms with Gasteiger partial charge in [0.1, 0.15) is 22.9 Å². The fourth-order valence-electron chi connectivity index (χ4n) is 3.36. The number of anilines is 1. The molecule has 9 heteroatoms. The van der Waals surface area contributed by atoms with E-state index in [-0.39, 0.29) is 22.8 Å². The lowest BCUT2D eigenvalue weighted by Crippen LogP contribution is -2.25. The highest BCUT2D eigenvalue weighted by Crippen LogP contribution is 2.44. The van der Waals surface area contributed by atoms with Gasteiger partial charge >= 0.3 is 6.36 Å². The predicted molar refractivity (Wildman–Crippen MR) is 110 cm³/mol. The number of aryl methyl sites for hydroxylation is 1. The molecule has 1 heterocycles. The summed E-state index contributed by atoms with van der Waals surface area (Å²) in [5.41, 5.74) is 2.55. The normalized spacial score (nSPS) is 13.5. The van der Waals surface area contributed by atoms with Gasteiger partial charge < -0.3 is 20.0 Å². The number of pyridine rings is 1. The van der Waals surface area contributed by atoms with Gasteiger partial charge in [0.25, 0.3) is 5.91 Å². The van der Waals surface area contributed by atoms with Crippen molar-refractivity contribution in [2.24, 2.45) is 0 Å². The van der Waals surface area contributed by atoms with E-state index in [0.717, 1.165) is 36.1 Å². The van der Waals surface area contributed by atoms with Crippen LogP contribution >= 0.6 is 0 Å². The Morgan fingerprint density at radius 2 is 1.81 bits per heavy atom. The number of ether oxygens (including phenoxy) is 2. The third-order valence-electron chi connectivity index (χ3n) is 4.95. The summed E-state index contributed by atoms with van der Waals surface area (Å²) < 4.78 is 47.5. The van der Waals surface area contributed by atoms with Crippen LogP contribution in [0.1, 0.15) is 40.2 Å². The highest BCUT2D eigenvalue weighted by Gasteiger charge is 2.31. The minimum atomic E-state index is -4.79. The van der Waals surface area contributed by atoms with Gasteiger partial charge in [0.2, 0.25) is 6.20 Å². The number of hydrogen-bond donors (Lipinski definition) is 1. The van der Waals surface area contributed by atoms with Crippen LogP contribution in [0.3, 0.4) is 0 Å². The van der Waals surface area contributed by atoms with Crippen molar-refractivity contribution in [1.82, 2.24) is 0 Å². The van der Waals surface area contributed by atoms with Crippen molar-refractivity contribution in [3.63, 3.8) is 0 Å². The maximum absolute atomic E-state index is 12.9. The Morgan fingerprint density at radius 1 is 1.12 bits per heavy atom. The monoisotopic (exact) mass is 444 g/mol. The largest absolute Gasteiger partial charge is 0.619 e. The van der Waals surface area contributed by atoms with E-state index >= 15 is 0 Å². The first-order chi connectivity index (χ1) is 15.2. The van der Waals surface area contributed by atoms with Gasteiger partial charge in [0.15, 0.2) is 6.20 Å². The van der Waals surface area contributed by atoms with E-state index in [9.17, 15) is 23.2 Å². The average Bonchev–Trinajstić information content (AvgIpc) is 3.54. The van der Waals surface area contributed by atoms with Crippen LogP contribution in [-0.4, -0.2) is 12.3 Å². The highest BCUT2D eigenvalue weighted by atomic mass is 19.4. The second kappa shape index (κ2) is 8.41. The molecular weight excluding hydrogens is 425 g/mol. The number of aromatic nitrogens is 1. The van der Waals surface area contributed by atoms with Crippen LogP contribution in [0.5, 0.6) is 17.2 Å². The average molecular weight is 444 g/mol. The van der Waals surface area contributed by atoms with Gasteiger partial charge in [-0.25, -0.2) is 0 Å². The Labute approximate surface area is 181 Å². The summed E-state index contributed by atoms with van der Waals surface area (Å²) >= 11 is 0. The number of carbonyl (C=O) groups is 1. The van der Waals surface area contributed by atoms with Crippen molar-refractivity contribution in [2.45, 2.75) is 32.0 Å². The number of nitrogens with zero attached hydrogens (tertiary/aromatic N) is 1. The molecule has 0 aliphatic heterocycles. The van der Waals surface area contributed by atoms with Crippen LogP contribution in [0.25, 0.3) is 0 Å². The van der Waals surface area contributed by atoms with Gasteiger partial charge in [0, 0.05) is 6.07 Å². The molecule has 0 unspecified atom stereocenters. The number of amides is 1. The van der Waals surface area contributed by atoms with Crippen LogP contribution < -0.4 is 19.5 Å². The number of hydrogen-bond acceptors (Lipinski definition) is 4. The topological polar surface area (TPSA) is 74.5 Å². The van der Waals surface area contributed by atoms with E-state index in [1.807, 2.05) is 6.92 Å². The Kier molecular flexibility index (Phi) is 5.65. The number of halogens is 3. The van der Waals surface area contributed by atoms with E-state index < -0.39 is 12.3 Å². The molecule has 0 atom stereocenters. The van der Waals surface area contributed by atoms with Crippen LogP contribution in [0.15, 0.2) is 60.9 Å². The zero-order valence-electron chi connectivity index (χ0n) is 17.0. The molecule has 1 amide bonds. The molecule has 3 aromatic rings. The van der Waals surface area contributed by atoms with Gasteiger partial charge in [-0.1, -0.05) is 0 Å². The van der Waals surface area contributed by atoms with Crippen molar-refractivity contribution in [3.8, 4) is 17.2 Å². The Bertz CT molecular complexity index is 1140. The molecule has 2 aromatic carbocycles. The predicted octanol–water partition coefficient (Wildman–Crippen LogP) is 5.45. The van der Waals surface area contributed by atoms with Crippen LogP contribution in [0.2, 0.25) is 0 Å². The molecule has 0 radical (unpaired) electrons. The highest BCUT2D eigenvalue weighted by molar-refractivity contribution is 6.06. The van der Waals surface area contributed by atoms with Crippen molar-refractivity contribution in [3.05, 3.63) is 82.8 Å². The van der Waals surface area contributed by atoms with Crippen LogP contribution in [-0.2, 0) is 0 Å². The standard InChI is InChI=1S/C23H19F3N2O4/c1-14-11-20(22(29)27-16-3-2-10-28(30)13-16)21(12-19(14)15-4-5-15)31-17-6-8-18(9-7-17)32-23(24,25)26/h2-3,6-13,15H,4-5H2,1H3,(H,27,29). The summed E-state index contributed by atoms with van der Waals surface area (Å²) in [5, 5.41) is 14.1. The van der Waals surface area contributed by atoms with Crippen LogP contribution in [0, 0.1) is 12.1 Å². The molecule has 0 saturated heterocycles. The first kappa shape index (κ1) is 21.5. The van der Waals surface area contributed by atoms with E-state index in [2.05, 4.69) is 10.1 Å². The van der Waals surface area contributed by atoms with E-state index in [1.165, 1.54) is 30.6 Å². The van der Waals surface area contributed by atoms with Crippen molar-refractivity contribution < 1.29 is 32.2 Å². The number of carbonyl (C=O) groups excluding carboxylic acids is 1.